The Balaban J connectivity index is 2.29. The van der Waals surface area contributed by atoms with E-state index in [1.807, 2.05) is 13.2 Å². The van der Waals surface area contributed by atoms with Crippen LogP contribution in [-0.2, 0) is 17.3 Å². The van der Waals surface area contributed by atoms with Gasteiger partial charge in [0.25, 0.3) is 0 Å². The number of nitrogens with two attached hydrogens (primary N) is 1. The van der Waals surface area contributed by atoms with Crippen molar-refractivity contribution in [1.29, 1.82) is 0 Å². The van der Waals surface area contributed by atoms with E-state index in [1.54, 1.807) is 10.9 Å². The molecule has 5 nitrogen and oxygen atoms in total. The van der Waals surface area contributed by atoms with Crippen LogP contribution >= 0.6 is 0 Å². The van der Waals surface area contributed by atoms with E-state index in [-0.39, 0.29) is 5.41 Å². The fourth-order valence-electron chi connectivity index (χ4n) is 1.83. The summed E-state index contributed by atoms with van der Waals surface area (Å²) in [5.41, 5.74) is 6.24. The molecule has 5 heteroatoms. The first kappa shape index (κ1) is 9.21. The Labute approximate surface area is 81.5 Å². The Hall–Kier alpha value is -1.36. The number of carbonyl (C=O) groups is 1. The Morgan fingerprint density at radius 3 is 2.79 bits per heavy atom. The van der Waals surface area contributed by atoms with Crippen molar-refractivity contribution >= 4 is 5.97 Å². The Kier molecular flexibility index (Phi) is 1.85. The van der Waals surface area contributed by atoms with Gasteiger partial charge in [0.05, 0.1) is 6.20 Å². The van der Waals surface area contributed by atoms with Gasteiger partial charge in [-0.15, -0.1) is 0 Å². The van der Waals surface area contributed by atoms with Gasteiger partial charge < -0.3 is 10.8 Å². The van der Waals surface area contributed by atoms with Crippen LogP contribution in [0.5, 0.6) is 0 Å². The number of rotatable bonds is 3. The first-order chi connectivity index (χ1) is 6.56. The molecule has 1 atom stereocenters. The van der Waals surface area contributed by atoms with E-state index in [0.717, 1.165) is 18.4 Å². The molecule has 0 aromatic carbocycles. The van der Waals surface area contributed by atoms with Crippen LogP contribution in [0.4, 0.5) is 0 Å². The molecule has 1 heterocycles. The molecule has 1 fully saturated rings. The molecule has 1 aromatic rings. The summed E-state index contributed by atoms with van der Waals surface area (Å²) < 4.78 is 1.67. The standard InChI is InChI=1S/C9H13N3O2/c1-12-5-6(4-11-12)9(2-3-9)7(10)8(13)14/h4-5,7H,2-3,10H2,1H3,(H,13,14). The molecule has 0 bridgehead atoms. The summed E-state index contributed by atoms with van der Waals surface area (Å²) >= 11 is 0. The lowest BCUT2D eigenvalue weighted by atomic mass is 9.91. The molecule has 1 aromatic heterocycles. The predicted molar refractivity (Wildman–Crippen MR) is 49.7 cm³/mol. The summed E-state index contributed by atoms with van der Waals surface area (Å²) in [5, 5.41) is 12.9. The summed E-state index contributed by atoms with van der Waals surface area (Å²) in [6.45, 7) is 0. The van der Waals surface area contributed by atoms with Gasteiger partial charge in [-0.3, -0.25) is 9.48 Å². The lowest BCUT2D eigenvalue weighted by Crippen LogP contribution is -2.41. The van der Waals surface area contributed by atoms with Crippen LogP contribution in [-0.4, -0.2) is 26.9 Å². The molecule has 0 saturated heterocycles. The van der Waals surface area contributed by atoms with E-state index in [9.17, 15) is 4.79 Å². The van der Waals surface area contributed by atoms with Crippen molar-refractivity contribution in [2.45, 2.75) is 24.3 Å². The molecule has 0 radical (unpaired) electrons. The average molecular weight is 195 g/mol. The largest absolute Gasteiger partial charge is 0.480 e. The van der Waals surface area contributed by atoms with E-state index in [1.165, 1.54) is 0 Å². The van der Waals surface area contributed by atoms with Gasteiger partial charge in [0, 0.05) is 18.7 Å². The van der Waals surface area contributed by atoms with Gasteiger partial charge in [0.2, 0.25) is 0 Å². The predicted octanol–water partition coefficient (Wildman–Crippen LogP) is -0.136. The minimum absolute atomic E-state index is 0.361. The Morgan fingerprint density at radius 2 is 2.43 bits per heavy atom. The van der Waals surface area contributed by atoms with Crippen LogP contribution in [0.3, 0.4) is 0 Å². The number of aliphatic carboxylic acids is 1. The number of aryl methyl sites for hydroxylation is 1. The van der Waals surface area contributed by atoms with Crippen molar-refractivity contribution in [1.82, 2.24) is 9.78 Å². The minimum atomic E-state index is -0.939. The third-order valence-corrected chi connectivity index (χ3v) is 2.93. The molecule has 76 valence electrons. The highest BCUT2D eigenvalue weighted by Gasteiger charge is 2.53. The third-order valence-electron chi connectivity index (χ3n) is 2.93. The highest BCUT2D eigenvalue weighted by molar-refractivity contribution is 5.76. The molecule has 0 amide bonds. The summed E-state index contributed by atoms with van der Waals surface area (Å²) in [6, 6.07) is -0.813. The topological polar surface area (TPSA) is 81.1 Å². The second-order valence-corrected chi connectivity index (χ2v) is 3.87. The zero-order valence-corrected chi connectivity index (χ0v) is 7.97. The molecule has 1 saturated carbocycles. The lowest BCUT2D eigenvalue weighted by Gasteiger charge is -2.17. The number of carboxylic acids is 1. The third kappa shape index (κ3) is 1.21. The summed E-state index contributed by atoms with van der Waals surface area (Å²) in [4.78, 5) is 10.8. The van der Waals surface area contributed by atoms with Crippen molar-refractivity contribution < 1.29 is 9.90 Å². The second-order valence-electron chi connectivity index (χ2n) is 3.87. The minimum Gasteiger partial charge on any atom is -0.480 e. The average Bonchev–Trinajstić information content (AvgIpc) is 2.83. The first-order valence-corrected chi connectivity index (χ1v) is 4.54. The normalized spacial score (nSPS) is 20.4. The molecule has 3 N–H and O–H groups in total. The van der Waals surface area contributed by atoms with Gasteiger partial charge in [0.15, 0.2) is 0 Å². The number of carboxylic acid groups (broad SMARTS) is 1. The van der Waals surface area contributed by atoms with Crippen LogP contribution in [0.2, 0.25) is 0 Å². The molecule has 14 heavy (non-hydrogen) atoms. The maximum atomic E-state index is 10.8. The van der Waals surface area contributed by atoms with Crippen LogP contribution in [0.25, 0.3) is 0 Å². The Bertz CT molecular complexity index is 368. The first-order valence-electron chi connectivity index (χ1n) is 4.54. The van der Waals surface area contributed by atoms with Gasteiger partial charge in [-0.05, 0) is 18.4 Å². The maximum absolute atomic E-state index is 10.8. The second kappa shape index (κ2) is 2.81. The highest BCUT2D eigenvalue weighted by Crippen LogP contribution is 2.50. The summed E-state index contributed by atoms with van der Waals surface area (Å²) in [5.74, 6) is -0.939. The molecule has 1 unspecified atom stereocenters. The zero-order valence-electron chi connectivity index (χ0n) is 7.97. The maximum Gasteiger partial charge on any atom is 0.321 e. The van der Waals surface area contributed by atoms with Crippen molar-refractivity contribution in [2.24, 2.45) is 12.8 Å². The molecular formula is C9H13N3O2. The van der Waals surface area contributed by atoms with Crippen LogP contribution < -0.4 is 5.73 Å². The van der Waals surface area contributed by atoms with Crippen molar-refractivity contribution in [3.8, 4) is 0 Å². The molecule has 0 spiro atoms. The number of hydrogen-bond donors (Lipinski definition) is 2. The zero-order chi connectivity index (χ0) is 10.3. The monoisotopic (exact) mass is 195 g/mol. The SMILES string of the molecule is Cn1cc(C2(C(N)C(=O)O)CC2)cn1. The van der Waals surface area contributed by atoms with E-state index < -0.39 is 12.0 Å². The smallest absolute Gasteiger partial charge is 0.321 e. The van der Waals surface area contributed by atoms with E-state index in [0.29, 0.717) is 0 Å². The van der Waals surface area contributed by atoms with Gasteiger partial charge in [0.1, 0.15) is 6.04 Å². The van der Waals surface area contributed by atoms with E-state index in [2.05, 4.69) is 5.10 Å². The molecule has 2 rings (SSSR count). The van der Waals surface area contributed by atoms with Crippen molar-refractivity contribution in [3.63, 3.8) is 0 Å². The fourth-order valence-corrected chi connectivity index (χ4v) is 1.83. The van der Waals surface area contributed by atoms with Gasteiger partial charge in [-0.25, -0.2) is 0 Å². The quantitative estimate of drug-likeness (QED) is 0.703. The molecule has 0 aliphatic heterocycles. The van der Waals surface area contributed by atoms with Gasteiger partial charge >= 0.3 is 5.97 Å². The van der Waals surface area contributed by atoms with Gasteiger partial charge in [-0.1, -0.05) is 0 Å². The van der Waals surface area contributed by atoms with Crippen LogP contribution in [0.1, 0.15) is 18.4 Å². The summed E-state index contributed by atoms with van der Waals surface area (Å²) in [6.07, 6.45) is 5.23. The van der Waals surface area contributed by atoms with Crippen LogP contribution in [0.15, 0.2) is 12.4 Å². The van der Waals surface area contributed by atoms with Gasteiger partial charge in [-0.2, -0.15) is 5.10 Å². The number of aromatic nitrogens is 2. The number of nitrogens with zero attached hydrogens (tertiary/aromatic N) is 2. The highest BCUT2D eigenvalue weighted by atomic mass is 16.4. The van der Waals surface area contributed by atoms with Crippen LogP contribution in [0, 0.1) is 0 Å². The lowest BCUT2D eigenvalue weighted by molar-refractivity contribution is -0.139. The molecular weight excluding hydrogens is 182 g/mol. The molecule has 1 aliphatic carbocycles. The number of hydrogen-bond acceptors (Lipinski definition) is 3. The molecule has 1 aliphatic rings. The van der Waals surface area contributed by atoms with Crippen molar-refractivity contribution in [3.05, 3.63) is 18.0 Å². The van der Waals surface area contributed by atoms with E-state index >= 15 is 0 Å². The Morgan fingerprint density at radius 1 is 1.79 bits per heavy atom. The fraction of sp³-hybridized carbons (Fsp3) is 0.556. The summed E-state index contributed by atoms with van der Waals surface area (Å²) in [7, 11) is 1.81. The van der Waals surface area contributed by atoms with Crippen molar-refractivity contribution in [2.75, 3.05) is 0 Å². The van der Waals surface area contributed by atoms with E-state index in [4.69, 9.17) is 10.8 Å².